The Balaban J connectivity index is 0.00000541. The number of anilines is 1. The Morgan fingerprint density at radius 2 is 1.39 bits per heavy atom. The van der Waals surface area contributed by atoms with Crippen molar-refractivity contribution in [1.82, 2.24) is 9.80 Å². The quantitative estimate of drug-likeness (QED) is 0.141. The molecule has 1 aliphatic heterocycles. The number of sulfonamides is 1. The average Bonchev–Trinajstić information content (AvgIpc) is 3.10. The van der Waals surface area contributed by atoms with Crippen LogP contribution in [0, 0.1) is 0 Å². The van der Waals surface area contributed by atoms with Crippen LogP contribution in [-0.2, 0) is 39.0 Å². The maximum atomic E-state index is 13.6. The van der Waals surface area contributed by atoms with Gasteiger partial charge in [0.25, 0.3) is 0 Å². The highest BCUT2D eigenvalue weighted by Crippen LogP contribution is 2.25. The van der Waals surface area contributed by atoms with Gasteiger partial charge in [-0.15, -0.1) is 12.4 Å². The van der Waals surface area contributed by atoms with Gasteiger partial charge in [0.15, 0.2) is 0 Å². The highest BCUT2D eigenvalue weighted by atomic mass is 35.5. The van der Waals surface area contributed by atoms with Crippen molar-refractivity contribution in [3.8, 4) is 11.1 Å². The third-order valence-electron chi connectivity index (χ3n) is 8.86. The van der Waals surface area contributed by atoms with Crippen LogP contribution in [0.15, 0.2) is 108 Å². The highest BCUT2D eigenvalue weighted by molar-refractivity contribution is 7.89. The molecule has 4 aromatic rings. The number of likely N-dealkylation sites (tertiary alicyclic amines) is 1. The molecule has 0 radical (unpaired) electrons. The van der Waals surface area contributed by atoms with Crippen LogP contribution in [0.2, 0.25) is 0 Å². The molecule has 0 bridgehead atoms. The summed E-state index contributed by atoms with van der Waals surface area (Å²) in [5, 5.41) is 8.33. The van der Waals surface area contributed by atoms with Crippen LogP contribution in [0.3, 0.4) is 0 Å². The first-order chi connectivity index (χ1) is 23.2. The molecule has 0 saturated carbocycles. The van der Waals surface area contributed by atoms with Gasteiger partial charge in [-0.2, -0.15) is 0 Å². The number of aryl methyl sites for hydroxylation is 1. The molecule has 5 rings (SSSR count). The fourth-order valence-electron chi connectivity index (χ4n) is 6.16. The molecular weight excluding hydrogens is 656 g/mol. The summed E-state index contributed by atoms with van der Waals surface area (Å²) in [7, 11) is -3.77. The molecule has 1 aliphatic rings. The summed E-state index contributed by atoms with van der Waals surface area (Å²) >= 11 is 0. The molecule has 3 N–H and O–H groups in total. The zero-order valence-electron chi connectivity index (χ0n) is 27.9. The van der Waals surface area contributed by atoms with Crippen LogP contribution in [-0.4, -0.2) is 56.2 Å². The first-order valence-corrected chi connectivity index (χ1v) is 18.4. The monoisotopic (exact) mass is 702 g/mol. The molecule has 49 heavy (non-hydrogen) atoms. The Kier molecular flexibility index (Phi) is 14.4. The van der Waals surface area contributed by atoms with Crippen LogP contribution in [0.25, 0.3) is 11.1 Å². The van der Waals surface area contributed by atoms with Gasteiger partial charge >= 0.3 is 0 Å². The first-order valence-electron chi connectivity index (χ1n) is 16.9. The molecular formula is C39H47ClN4O4S. The van der Waals surface area contributed by atoms with Crippen molar-refractivity contribution in [3.05, 3.63) is 120 Å². The zero-order valence-corrected chi connectivity index (χ0v) is 29.6. The molecule has 4 aromatic carbocycles. The Bertz CT molecular complexity index is 1760. The number of hydrogen-bond acceptors (Lipinski definition) is 5. The van der Waals surface area contributed by atoms with E-state index in [9.17, 15) is 18.0 Å². The normalized spacial score (nSPS) is 13.3. The second kappa shape index (κ2) is 18.7. The Labute approximate surface area is 297 Å². The highest BCUT2D eigenvalue weighted by Gasteiger charge is 2.16. The van der Waals surface area contributed by atoms with E-state index in [-0.39, 0.29) is 29.1 Å². The Hall–Kier alpha value is -4.02. The topological polar surface area (TPSA) is 113 Å². The lowest BCUT2D eigenvalue weighted by molar-refractivity contribution is -0.131. The Morgan fingerprint density at radius 3 is 2.10 bits per heavy atom. The van der Waals surface area contributed by atoms with E-state index < -0.39 is 10.0 Å². The molecule has 2 amide bonds. The number of halogens is 1. The van der Waals surface area contributed by atoms with Gasteiger partial charge in [0.2, 0.25) is 21.8 Å². The van der Waals surface area contributed by atoms with Gasteiger partial charge in [-0.1, -0.05) is 79.2 Å². The smallest absolute Gasteiger partial charge is 0.238 e. The van der Waals surface area contributed by atoms with E-state index in [1.807, 2.05) is 65.6 Å². The molecule has 8 nitrogen and oxygen atoms in total. The second-order valence-corrected chi connectivity index (χ2v) is 14.1. The number of rotatable bonds is 15. The van der Waals surface area contributed by atoms with Crippen molar-refractivity contribution in [2.24, 2.45) is 5.14 Å². The largest absolute Gasteiger partial charge is 0.338 e. The van der Waals surface area contributed by atoms with E-state index in [0.29, 0.717) is 32.4 Å². The minimum atomic E-state index is -3.77. The summed E-state index contributed by atoms with van der Waals surface area (Å²) in [5.74, 6) is 0.0962. The van der Waals surface area contributed by atoms with E-state index in [1.165, 1.54) is 37.0 Å². The number of nitrogens with two attached hydrogens (primary N) is 1. The van der Waals surface area contributed by atoms with Gasteiger partial charge in [0, 0.05) is 38.2 Å². The van der Waals surface area contributed by atoms with E-state index >= 15 is 0 Å². The van der Waals surface area contributed by atoms with Gasteiger partial charge in [-0.25, -0.2) is 13.6 Å². The Morgan fingerprint density at radius 1 is 0.735 bits per heavy atom. The van der Waals surface area contributed by atoms with Crippen LogP contribution in [0.1, 0.15) is 55.2 Å². The standard InChI is InChI=1S/C39H46N4O4S.ClH/c40-48(46,47)37-20-18-32(19-21-37)22-27-43(39(45)17-8-12-31-10-3-1-4-11-31)30-33-13-7-14-34(28-33)35-15-9-16-36(29-35)41-38(44)23-26-42-24-5-2-6-25-42;/h1,3-4,7,9-11,13-16,18-21,28-29H,2,5-6,8,12,17,22-27,30H2,(H,41,44)(H2,40,46,47);1H. The first kappa shape index (κ1) is 37.8. The van der Waals surface area contributed by atoms with Crippen LogP contribution < -0.4 is 10.5 Å². The number of nitrogens with one attached hydrogen (secondary N) is 1. The number of amides is 2. The number of carbonyl (C=O) groups is 2. The predicted octanol–water partition coefficient (Wildman–Crippen LogP) is 6.83. The van der Waals surface area contributed by atoms with E-state index in [4.69, 9.17) is 5.14 Å². The summed E-state index contributed by atoms with van der Waals surface area (Å²) in [6, 6.07) is 32.7. The third-order valence-corrected chi connectivity index (χ3v) is 9.79. The molecule has 1 heterocycles. The van der Waals surface area contributed by atoms with Crippen molar-refractivity contribution in [1.29, 1.82) is 0 Å². The van der Waals surface area contributed by atoms with Crippen LogP contribution in [0.4, 0.5) is 5.69 Å². The maximum absolute atomic E-state index is 13.6. The fraction of sp³-hybridized carbons (Fsp3) is 0.333. The number of hydrogen-bond donors (Lipinski definition) is 2. The number of primary sulfonamides is 1. The number of piperidine rings is 1. The number of benzene rings is 4. The summed E-state index contributed by atoms with van der Waals surface area (Å²) in [4.78, 5) is 30.6. The van der Waals surface area contributed by atoms with E-state index in [0.717, 1.165) is 60.4 Å². The third kappa shape index (κ3) is 12.1. The van der Waals surface area contributed by atoms with Gasteiger partial charge < -0.3 is 15.1 Å². The molecule has 0 aromatic heterocycles. The lowest BCUT2D eigenvalue weighted by atomic mass is 10.0. The van der Waals surface area contributed by atoms with Gasteiger partial charge in [-0.3, -0.25) is 9.59 Å². The number of nitrogens with zero attached hydrogens (tertiary/aromatic N) is 2. The summed E-state index contributed by atoms with van der Waals surface area (Å²) < 4.78 is 23.4. The van der Waals surface area contributed by atoms with Crippen molar-refractivity contribution in [2.75, 3.05) is 31.5 Å². The average molecular weight is 703 g/mol. The molecule has 0 spiro atoms. The van der Waals surface area contributed by atoms with Crippen LogP contribution >= 0.6 is 12.4 Å². The van der Waals surface area contributed by atoms with Crippen molar-refractivity contribution in [3.63, 3.8) is 0 Å². The minimum Gasteiger partial charge on any atom is -0.338 e. The summed E-state index contributed by atoms with van der Waals surface area (Å²) in [6.45, 7) is 3.87. The van der Waals surface area contributed by atoms with Crippen LogP contribution in [0.5, 0.6) is 0 Å². The van der Waals surface area contributed by atoms with Crippen molar-refractivity contribution in [2.45, 2.75) is 62.8 Å². The summed E-state index contributed by atoms with van der Waals surface area (Å²) in [6.07, 6.45) is 6.76. The molecule has 0 atom stereocenters. The van der Waals surface area contributed by atoms with Gasteiger partial charge in [0.05, 0.1) is 4.90 Å². The predicted molar refractivity (Wildman–Crippen MR) is 199 cm³/mol. The van der Waals surface area contributed by atoms with E-state index in [2.05, 4.69) is 28.4 Å². The lowest BCUT2D eigenvalue weighted by Crippen LogP contribution is -2.32. The minimum absolute atomic E-state index is 0. The SMILES string of the molecule is Cl.NS(=O)(=O)c1ccc(CCN(Cc2cccc(-c3cccc(NC(=O)CCN4CCCCC4)c3)c2)C(=O)CCCc2ccccc2)cc1. The molecule has 0 aliphatic carbocycles. The summed E-state index contributed by atoms with van der Waals surface area (Å²) in [5.41, 5.74) is 5.90. The zero-order chi connectivity index (χ0) is 33.8. The van der Waals surface area contributed by atoms with Crippen molar-refractivity contribution >= 4 is 39.9 Å². The molecule has 1 saturated heterocycles. The van der Waals surface area contributed by atoms with Gasteiger partial charge in [-0.05, 0) is 103 Å². The van der Waals surface area contributed by atoms with E-state index in [1.54, 1.807) is 12.1 Å². The second-order valence-electron chi connectivity index (χ2n) is 12.6. The lowest BCUT2D eigenvalue weighted by Gasteiger charge is -2.25. The van der Waals surface area contributed by atoms with Gasteiger partial charge in [0.1, 0.15) is 0 Å². The molecule has 1 fully saturated rings. The molecule has 0 unspecified atom stereocenters. The van der Waals surface area contributed by atoms with Crippen molar-refractivity contribution < 1.29 is 18.0 Å². The molecule has 260 valence electrons. The number of carbonyl (C=O) groups excluding carboxylic acids is 2. The maximum Gasteiger partial charge on any atom is 0.238 e. The fourth-order valence-corrected chi connectivity index (χ4v) is 6.68. The molecule has 10 heteroatoms.